The van der Waals surface area contributed by atoms with E-state index in [2.05, 4.69) is 87.6 Å². The summed E-state index contributed by atoms with van der Waals surface area (Å²) in [6.07, 6.45) is 64.8. The third-order valence-corrected chi connectivity index (χ3v) is 9.30. The molecule has 1 atom stereocenters. The molecule has 0 aliphatic heterocycles. The van der Waals surface area contributed by atoms with Crippen molar-refractivity contribution < 1.29 is 28.6 Å². The summed E-state index contributed by atoms with van der Waals surface area (Å²) in [4.78, 5) is 37.8. The molecule has 0 N–H and O–H groups in total. The van der Waals surface area contributed by atoms with Gasteiger partial charge in [0.15, 0.2) is 6.10 Å². The van der Waals surface area contributed by atoms with Gasteiger partial charge in [0.25, 0.3) is 0 Å². The SMILES string of the molecule is CC\C=C/C=C\C=C/C=C\C=C/CCCC(=O)OC(COC(=O)CCC/C=C\C/C=C\C/C=C\C/C=C\CCCCC)COC(=O)CCCCCCC/C=C\CCCCC. The Labute approximate surface area is 367 Å². The number of hydrogen-bond donors (Lipinski definition) is 0. The third-order valence-electron chi connectivity index (χ3n) is 9.30. The Balaban J connectivity index is 4.61. The van der Waals surface area contributed by atoms with Gasteiger partial charge in [-0.15, -0.1) is 0 Å². The molecular weight excluding hydrogens is 745 g/mol. The third kappa shape index (κ3) is 44.9. The zero-order chi connectivity index (χ0) is 43.7. The van der Waals surface area contributed by atoms with Gasteiger partial charge in [-0.3, -0.25) is 14.4 Å². The highest BCUT2D eigenvalue weighted by Crippen LogP contribution is 2.11. The summed E-state index contributed by atoms with van der Waals surface area (Å²) in [5, 5.41) is 0. The van der Waals surface area contributed by atoms with Crippen LogP contribution in [0.1, 0.15) is 181 Å². The molecule has 0 saturated carbocycles. The van der Waals surface area contributed by atoms with Crippen molar-refractivity contribution in [1.29, 1.82) is 0 Å². The van der Waals surface area contributed by atoms with Gasteiger partial charge in [0.2, 0.25) is 0 Å². The summed E-state index contributed by atoms with van der Waals surface area (Å²) in [5.74, 6) is -1.09. The summed E-state index contributed by atoms with van der Waals surface area (Å²) < 4.78 is 16.6. The number of ether oxygens (including phenoxy) is 3. The van der Waals surface area contributed by atoms with E-state index in [9.17, 15) is 14.4 Å². The predicted octanol–water partition coefficient (Wildman–Crippen LogP) is 15.4. The first-order valence-corrected chi connectivity index (χ1v) is 23.6. The zero-order valence-electron chi connectivity index (χ0n) is 38.2. The van der Waals surface area contributed by atoms with Crippen LogP contribution in [0.5, 0.6) is 0 Å². The second kappa shape index (κ2) is 47.5. The fraction of sp³-hybridized carbons (Fsp3) is 0.574. The average Bonchev–Trinajstić information content (AvgIpc) is 3.24. The van der Waals surface area contributed by atoms with E-state index in [0.29, 0.717) is 25.7 Å². The lowest BCUT2D eigenvalue weighted by Gasteiger charge is -2.18. The van der Waals surface area contributed by atoms with Crippen molar-refractivity contribution in [1.82, 2.24) is 0 Å². The van der Waals surface area contributed by atoms with E-state index < -0.39 is 12.1 Å². The minimum absolute atomic E-state index is 0.132. The van der Waals surface area contributed by atoms with Gasteiger partial charge in [-0.1, -0.05) is 187 Å². The summed E-state index contributed by atoms with van der Waals surface area (Å²) in [6.45, 7) is 6.29. The lowest BCUT2D eigenvalue weighted by Crippen LogP contribution is -2.30. The van der Waals surface area contributed by atoms with Gasteiger partial charge in [0.05, 0.1) is 0 Å². The summed E-state index contributed by atoms with van der Waals surface area (Å²) >= 11 is 0. The first kappa shape index (κ1) is 55.8. The van der Waals surface area contributed by atoms with Crippen molar-refractivity contribution >= 4 is 17.9 Å². The second-order valence-corrected chi connectivity index (χ2v) is 15.0. The Hall–Kier alpha value is -4.19. The van der Waals surface area contributed by atoms with Crippen LogP contribution in [0.25, 0.3) is 0 Å². The largest absolute Gasteiger partial charge is 0.462 e. The van der Waals surface area contributed by atoms with Crippen LogP contribution in [-0.2, 0) is 28.6 Å². The van der Waals surface area contributed by atoms with Crippen molar-refractivity contribution in [2.45, 2.75) is 187 Å². The maximum absolute atomic E-state index is 12.7. The number of carbonyl (C=O) groups is 3. The molecule has 0 rings (SSSR count). The lowest BCUT2D eigenvalue weighted by atomic mass is 10.1. The van der Waals surface area contributed by atoms with Crippen LogP contribution < -0.4 is 0 Å². The maximum atomic E-state index is 12.7. The van der Waals surface area contributed by atoms with E-state index in [0.717, 1.165) is 64.2 Å². The summed E-state index contributed by atoms with van der Waals surface area (Å²) in [5.41, 5.74) is 0. The van der Waals surface area contributed by atoms with Crippen LogP contribution in [0.15, 0.2) is 122 Å². The molecule has 1 unspecified atom stereocenters. The van der Waals surface area contributed by atoms with Crippen LogP contribution in [-0.4, -0.2) is 37.2 Å². The predicted molar refractivity (Wildman–Crippen MR) is 256 cm³/mol. The van der Waals surface area contributed by atoms with E-state index in [4.69, 9.17) is 14.2 Å². The summed E-state index contributed by atoms with van der Waals surface area (Å²) in [7, 11) is 0. The van der Waals surface area contributed by atoms with E-state index in [1.165, 1.54) is 57.8 Å². The highest BCUT2D eigenvalue weighted by Gasteiger charge is 2.19. The van der Waals surface area contributed by atoms with Crippen molar-refractivity contribution in [2.75, 3.05) is 13.2 Å². The number of rotatable bonds is 40. The molecule has 336 valence electrons. The van der Waals surface area contributed by atoms with Crippen molar-refractivity contribution in [3.8, 4) is 0 Å². The number of hydrogen-bond acceptors (Lipinski definition) is 6. The zero-order valence-corrected chi connectivity index (χ0v) is 38.2. The molecule has 0 amide bonds. The fourth-order valence-corrected chi connectivity index (χ4v) is 5.75. The number of carbonyl (C=O) groups excluding carboxylic acids is 3. The Morgan fingerprint density at radius 1 is 0.367 bits per heavy atom. The number of allylic oxidation sites excluding steroid dienone is 20. The molecule has 60 heavy (non-hydrogen) atoms. The van der Waals surface area contributed by atoms with E-state index in [1.807, 2.05) is 54.7 Å². The Kier molecular flexibility index (Phi) is 44.2. The quantitative estimate of drug-likeness (QED) is 0.0201. The number of unbranched alkanes of at least 4 members (excludes halogenated alkanes) is 13. The van der Waals surface area contributed by atoms with Crippen LogP contribution in [0.4, 0.5) is 0 Å². The average molecular weight is 829 g/mol. The van der Waals surface area contributed by atoms with Gasteiger partial charge in [0.1, 0.15) is 13.2 Å². The van der Waals surface area contributed by atoms with Crippen molar-refractivity contribution in [3.63, 3.8) is 0 Å². The van der Waals surface area contributed by atoms with Crippen LogP contribution in [0.2, 0.25) is 0 Å². The van der Waals surface area contributed by atoms with Crippen LogP contribution >= 0.6 is 0 Å². The molecule has 0 aliphatic rings. The van der Waals surface area contributed by atoms with Gasteiger partial charge < -0.3 is 14.2 Å². The molecule has 6 nitrogen and oxygen atoms in total. The standard InChI is InChI=1S/C54H84O6/c1-4-7-10-13-16-19-22-25-26-27-28-30-32-35-38-41-44-47-53(56)59-50-51(49-58-52(55)46-43-40-37-34-31-24-21-18-15-12-9-6-3)60-54(57)48-45-42-39-36-33-29-23-20-17-14-11-8-5-2/h8,11,14,16-21,23,25-26,28-30,33,35-36,38-39,51H,4-7,9-10,12-13,15,22,24,27,31-32,34,37,40-50H2,1-3H3/b11-8-,17-14-,19-16-,21-18-,23-20-,26-25-,30-28-,33-29-,38-35-,39-36-. The van der Waals surface area contributed by atoms with Crippen LogP contribution in [0, 0.1) is 0 Å². The van der Waals surface area contributed by atoms with Gasteiger partial charge in [-0.2, -0.15) is 0 Å². The molecule has 0 saturated heterocycles. The van der Waals surface area contributed by atoms with Crippen molar-refractivity contribution in [2.24, 2.45) is 0 Å². The molecule has 0 fully saturated rings. The van der Waals surface area contributed by atoms with Crippen molar-refractivity contribution in [3.05, 3.63) is 122 Å². The van der Waals surface area contributed by atoms with Gasteiger partial charge in [-0.05, 0) is 96.3 Å². The highest BCUT2D eigenvalue weighted by molar-refractivity contribution is 5.71. The van der Waals surface area contributed by atoms with Crippen LogP contribution in [0.3, 0.4) is 0 Å². The molecule has 0 aliphatic carbocycles. The lowest BCUT2D eigenvalue weighted by molar-refractivity contribution is -0.167. The van der Waals surface area contributed by atoms with E-state index in [1.54, 1.807) is 0 Å². The first-order valence-electron chi connectivity index (χ1n) is 23.6. The van der Waals surface area contributed by atoms with Gasteiger partial charge >= 0.3 is 17.9 Å². The van der Waals surface area contributed by atoms with E-state index in [-0.39, 0.29) is 38.0 Å². The molecule has 0 radical (unpaired) electrons. The molecule has 0 heterocycles. The maximum Gasteiger partial charge on any atom is 0.306 e. The fourth-order valence-electron chi connectivity index (χ4n) is 5.75. The smallest absolute Gasteiger partial charge is 0.306 e. The monoisotopic (exact) mass is 829 g/mol. The number of esters is 3. The first-order chi connectivity index (χ1) is 29.5. The van der Waals surface area contributed by atoms with Gasteiger partial charge in [0, 0.05) is 19.3 Å². The molecular formula is C54H84O6. The highest BCUT2D eigenvalue weighted by atomic mass is 16.6. The normalized spacial score (nSPS) is 13.2. The topological polar surface area (TPSA) is 78.9 Å². The minimum Gasteiger partial charge on any atom is -0.462 e. The summed E-state index contributed by atoms with van der Waals surface area (Å²) in [6, 6.07) is 0. The Bertz CT molecular complexity index is 1320. The molecule has 6 heteroatoms. The molecule has 0 spiro atoms. The van der Waals surface area contributed by atoms with Gasteiger partial charge in [-0.25, -0.2) is 0 Å². The van der Waals surface area contributed by atoms with E-state index >= 15 is 0 Å². The molecule has 0 aromatic rings. The molecule has 0 bridgehead atoms. The molecule has 0 aromatic carbocycles. The Morgan fingerprint density at radius 2 is 0.733 bits per heavy atom. The molecule has 0 aromatic heterocycles. The minimum atomic E-state index is -0.842. The second-order valence-electron chi connectivity index (χ2n) is 15.0. The Morgan fingerprint density at radius 3 is 1.25 bits per heavy atom.